The van der Waals surface area contributed by atoms with E-state index in [9.17, 15) is 0 Å². The summed E-state index contributed by atoms with van der Waals surface area (Å²) in [6.07, 6.45) is 4.57. The second kappa shape index (κ2) is 8.41. The molecule has 2 aliphatic rings. The van der Waals surface area contributed by atoms with Gasteiger partial charge in [-0.05, 0) is 37.1 Å². The summed E-state index contributed by atoms with van der Waals surface area (Å²) in [5, 5.41) is 5.60. The van der Waals surface area contributed by atoms with Crippen molar-refractivity contribution in [3.63, 3.8) is 0 Å². The van der Waals surface area contributed by atoms with Crippen LogP contribution in [0.5, 0.6) is 0 Å². The predicted molar refractivity (Wildman–Crippen MR) is 118 cm³/mol. The minimum Gasteiger partial charge on any atom is -0.399 e. The molecule has 2 N–H and O–H groups in total. The fourth-order valence-electron chi connectivity index (χ4n) is 4.54. The highest BCUT2D eigenvalue weighted by atomic mass is 16.5. The van der Waals surface area contributed by atoms with E-state index < -0.39 is 0 Å². The molecule has 2 fully saturated rings. The first-order valence-corrected chi connectivity index (χ1v) is 10.7. The summed E-state index contributed by atoms with van der Waals surface area (Å²) >= 11 is 0. The number of hydrogen-bond donors (Lipinski definition) is 1. The highest BCUT2D eigenvalue weighted by Gasteiger charge is 2.35. The summed E-state index contributed by atoms with van der Waals surface area (Å²) < 4.78 is 18.8. The molecule has 0 aliphatic carbocycles. The van der Waals surface area contributed by atoms with E-state index >= 15 is 0 Å². The maximum Gasteiger partial charge on any atom is 0.164 e. The topological polar surface area (TPSA) is 101 Å². The normalized spacial score (nSPS) is 20.8. The number of aromatic nitrogens is 4. The van der Waals surface area contributed by atoms with Gasteiger partial charge in [0, 0.05) is 38.6 Å². The third kappa shape index (κ3) is 3.84. The number of methoxy groups -OCH3 is 2. The zero-order valence-electron chi connectivity index (χ0n) is 17.9. The van der Waals surface area contributed by atoms with Gasteiger partial charge in [0.05, 0.1) is 37.0 Å². The van der Waals surface area contributed by atoms with E-state index in [2.05, 4.69) is 10.00 Å². The molecule has 1 aromatic carbocycles. The molecule has 0 saturated carbocycles. The molecule has 164 valence electrons. The number of nitrogens with two attached hydrogens (primary N) is 1. The number of hydrogen-bond acceptors (Lipinski definition) is 8. The summed E-state index contributed by atoms with van der Waals surface area (Å²) in [6.45, 7) is 2.61. The predicted octanol–water partition coefficient (Wildman–Crippen LogP) is 2.28. The lowest BCUT2D eigenvalue weighted by atomic mass is 10.2. The van der Waals surface area contributed by atoms with Crippen molar-refractivity contribution in [1.29, 1.82) is 0 Å². The summed E-state index contributed by atoms with van der Waals surface area (Å²) in [5.41, 5.74) is 8.28. The lowest BCUT2D eigenvalue weighted by Crippen LogP contribution is -2.43. The minimum absolute atomic E-state index is 0.0876. The van der Waals surface area contributed by atoms with E-state index in [1.807, 2.05) is 35.1 Å². The smallest absolute Gasteiger partial charge is 0.164 e. The first kappa shape index (κ1) is 20.2. The number of benzene rings is 1. The molecule has 2 saturated heterocycles. The fourth-order valence-corrected chi connectivity index (χ4v) is 4.54. The molecule has 2 unspecified atom stereocenters. The molecule has 3 aromatic rings. The quantitative estimate of drug-likeness (QED) is 0.577. The fraction of sp³-hybridized carbons (Fsp3) is 0.500. The molecule has 5 rings (SSSR count). The molecule has 2 aliphatic heterocycles. The number of nitrogen functional groups attached to an aromatic ring is 1. The average molecular weight is 425 g/mol. The van der Waals surface area contributed by atoms with Crippen LogP contribution >= 0.6 is 0 Å². The number of fused-ring (bicyclic) bond motifs is 3. The van der Waals surface area contributed by atoms with Gasteiger partial charge in [0.15, 0.2) is 11.5 Å². The number of morpholine rings is 1. The van der Waals surface area contributed by atoms with Crippen LogP contribution in [-0.4, -0.2) is 72.5 Å². The van der Waals surface area contributed by atoms with Crippen molar-refractivity contribution >= 4 is 22.5 Å². The van der Waals surface area contributed by atoms with Crippen molar-refractivity contribution in [2.24, 2.45) is 0 Å². The van der Waals surface area contributed by atoms with Crippen LogP contribution < -0.4 is 10.6 Å². The molecular formula is C22H28N6O3. The van der Waals surface area contributed by atoms with Gasteiger partial charge in [-0.1, -0.05) is 0 Å². The maximum atomic E-state index is 6.04. The Balaban J connectivity index is 1.64. The van der Waals surface area contributed by atoms with E-state index in [0.29, 0.717) is 24.7 Å². The Labute approximate surface area is 181 Å². The minimum atomic E-state index is -0.0876. The van der Waals surface area contributed by atoms with Crippen LogP contribution in [0.1, 0.15) is 18.9 Å². The Hall–Kier alpha value is -2.75. The van der Waals surface area contributed by atoms with Crippen molar-refractivity contribution in [3.05, 3.63) is 30.5 Å². The monoisotopic (exact) mass is 424 g/mol. The van der Waals surface area contributed by atoms with Crippen molar-refractivity contribution in [1.82, 2.24) is 19.7 Å². The Kier molecular flexibility index (Phi) is 5.47. The van der Waals surface area contributed by atoms with Crippen LogP contribution in [0.2, 0.25) is 0 Å². The molecule has 9 heteroatoms. The number of rotatable bonds is 7. The van der Waals surface area contributed by atoms with Crippen LogP contribution in [0.3, 0.4) is 0 Å². The molecule has 31 heavy (non-hydrogen) atoms. The SMILES string of the molecule is COCC(COC)n1ncc2c(N3CC4CCC(C3)O4)nc(-c3ccc(N)cc3)nc21. The van der Waals surface area contributed by atoms with Crippen LogP contribution in [0.25, 0.3) is 22.4 Å². The van der Waals surface area contributed by atoms with E-state index in [1.54, 1.807) is 14.2 Å². The van der Waals surface area contributed by atoms with Gasteiger partial charge in [-0.15, -0.1) is 0 Å². The lowest BCUT2D eigenvalue weighted by molar-refractivity contribution is 0.0303. The molecule has 0 amide bonds. The number of anilines is 2. The zero-order chi connectivity index (χ0) is 21.4. The van der Waals surface area contributed by atoms with Gasteiger partial charge in [0.25, 0.3) is 0 Å². The Morgan fingerprint density at radius 1 is 1.06 bits per heavy atom. The van der Waals surface area contributed by atoms with E-state index in [4.69, 9.17) is 29.9 Å². The van der Waals surface area contributed by atoms with Crippen molar-refractivity contribution < 1.29 is 14.2 Å². The molecule has 0 radical (unpaired) electrons. The van der Waals surface area contributed by atoms with Crippen LogP contribution in [0.15, 0.2) is 30.5 Å². The Bertz CT molecular complexity index is 1040. The third-order valence-corrected chi connectivity index (χ3v) is 6.01. The molecule has 9 nitrogen and oxygen atoms in total. The largest absolute Gasteiger partial charge is 0.399 e. The van der Waals surface area contributed by atoms with Crippen molar-refractivity contribution in [3.8, 4) is 11.4 Å². The van der Waals surface area contributed by atoms with E-state index in [-0.39, 0.29) is 18.2 Å². The summed E-state index contributed by atoms with van der Waals surface area (Å²) in [4.78, 5) is 12.2. The van der Waals surface area contributed by atoms with Crippen LogP contribution in [0.4, 0.5) is 11.5 Å². The van der Waals surface area contributed by atoms with Gasteiger partial charge in [-0.25, -0.2) is 14.6 Å². The number of nitrogens with zero attached hydrogens (tertiary/aromatic N) is 5. The van der Waals surface area contributed by atoms with Crippen LogP contribution in [0, 0.1) is 0 Å². The third-order valence-electron chi connectivity index (χ3n) is 6.01. The van der Waals surface area contributed by atoms with E-state index in [0.717, 1.165) is 48.3 Å². The van der Waals surface area contributed by atoms with Gasteiger partial charge in [-0.2, -0.15) is 5.10 Å². The first-order valence-electron chi connectivity index (χ1n) is 10.7. The van der Waals surface area contributed by atoms with Crippen LogP contribution in [-0.2, 0) is 14.2 Å². The summed E-state index contributed by atoms with van der Waals surface area (Å²) in [5.74, 6) is 1.55. The highest BCUT2D eigenvalue weighted by molar-refractivity contribution is 5.89. The maximum absolute atomic E-state index is 6.04. The molecular weight excluding hydrogens is 396 g/mol. The first-order chi connectivity index (χ1) is 15.2. The highest BCUT2D eigenvalue weighted by Crippen LogP contribution is 2.34. The zero-order valence-corrected chi connectivity index (χ0v) is 17.9. The van der Waals surface area contributed by atoms with Gasteiger partial charge in [0.1, 0.15) is 11.9 Å². The number of ether oxygens (including phenoxy) is 3. The molecule has 2 aromatic heterocycles. The second-order valence-corrected chi connectivity index (χ2v) is 8.25. The Morgan fingerprint density at radius 3 is 2.39 bits per heavy atom. The van der Waals surface area contributed by atoms with Crippen molar-refractivity contribution in [2.45, 2.75) is 31.1 Å². The van der Waals surface area contributed by atoms with Gasteiger partial charge in [-0.3, -0.25) is 0 Å². The molecule has 0 spiro atoms. The van der Waals surface area contributed by atoms with Gasteiger partial charge >= 0.3 is 0 Å². The molecule has 2 bridgehead atoms. The van der Waals surface area contributed by atoms with E-state index in [1.165, 1.54) is 0 Å². The standard InChI is InChI=1S/C22H28N6O3/c1-29-12-16(13-30-2)28-22-19(9-24-28)21(27-10-17-7-8-18(11-27)31-17)25-20(26-22)14-3-5-15(23)6-4-14/h3-6,9,16-18H,7-8,10-13,23H2,1-2H3. The Morgan fingerprint density at radius 2 is 1.74 bits per heavy atom. The summed E-state index contributed by atoms with van der Waals surface area (Å²) in [7, 11) is 3.36. The average Bonchev–Trinajstić information content (AvgIpc) is 3.35. The summed E-state index contributed by atoms with van der Waals surface area (Å²) in [6, 6.07) is 7.55. The molecule has 4 heterocycles. The van der Waals surface area contributed by atoms with Gasteiger partial charge in [0.2, 0.25) is 0 Å². The van der Waals surface area contributed by atoms with Gasteiger partial charge < -0.3 is 24.8 Å². The molecule has 2 atom stereocenters. The second-order valence-electron chi connectivity index (χ2n) is 8.25. The van der Waals surface area contributed by atoms with Crippen molar-refractivity contribution in [2.75, 3.05) is 51.2 Å². The lowest BCUT2D eigenvalue weighted by Gasteiger charge is -2.33.